The summed E-state index contributed by atoms with van der Waals surface area (Å²) in [6.45, 7) is 0. The van der Waals surface area contributed by atoms with Gasteiger partial charge >= 0.3 is 5.97 Å². The van der Waals surface area contributed by atoms with Gasteiger partial charge in [-0.15, -0.1) is 11.3 Å². The van der Waals surface area contributed by atoms with E-state index in [0.29, 0.717) is 31.8 Å². The third-order valence-corrected chi connectivity index (χ3v) is 6.66. The normalized spacial score (nSPS) is 15.5. The van der Waals surface area contributed by atoms with Crippen molar-refractivity contribution >= 4 is 34.8 Å². The van der Waals surface area contributed by atoms with E-state index < -0.39 is 17.4 Å². The quantitative estimate of drug-likeness (QED) is 0.556. The van der Waals surface area contributed by atoms with Crippen molar-refractivity contribution in [2.45, 2.75) is 5.92 Å². The third-order valence-electron chi connectivity index (χ3n) is 5.55. The fourth-order valence-corrected chi connectivity index (χ4v) is 5.15. The van der Waals surface area contributed by atoms with Gasteiger partial charge in [-0.2, -0.15) is 5.26 Å². The summed E-state index contributed by atoms with van der Waals surface area (Å²) in [5, 5.41) is 10.0. The number of ether oxygens (including phenoxy) is 3. The number of methoxy groups -OCH3 is 3. The molecule has 0 radical (unpaired) electrons. The number of hydrogen-bond donors (Lipinski definition) is 1. The van der Waals surface area contributed by atoms with Gasteiger partial charge in [0.25, 0.3) is 5.56 Å². The highest BCUT2D eigenvalue weighted by atomic mass is 32.1. The van der Waals surface area contributed by atoms with Gasteiger partial charge in [0.05, 0.1) is 49.0 Å². The van der Waals surface area contributed by atoms with Crippen molar-refractivity contribution in [3.63, 3.8) is 0 Å². The molecule has 0 aliphatic carbocycles. The van der Waals surface area contributed by atoms with Crippen molar-refractivity contribution in [2.24, 2.45) is 5.73 Å². The Hall–Kier alpha value is -4.29. The Labute approximate surface area is 199 Å². The van der Waals surface area contributed by atoms with E-state index in [4.69, 9.17) is 19.9 Å². The van der Waals surface area contributed by atoms with E-state index in [-0.39, 0.29) is 17.0 Å². The highest BCUT2D eigenvalue weighted by Crippen LogP contribution is 2.40. The lowest BCUT2D eigenvalue weighted by molar-refractivity contribution is -0.134. The average molecular weight is 476 g/mol. The van der Waals surface area contributed by atoms with Crippen LogP contribution in [0.4, 0.5) is 0 Å². The van der Waals surface area contributed by atoms with E-state index in [1.54, 1.807) is 43.5 Å². The molecule has 1 aliphatic rings. The number of para-hydroxylation sites is 2. The van der Waals surface area contributed by atoms with Gasteiger partial charge in [-0.1, -0.05) is 36.4 Å². The van der Waals surface area contributed by atoms with E-state index in [0.717, 1.165) is 11.3 Å². The molecule has 2 heterocycles. The molecule has 8 nitrogen and oxygen atoms in total. The number of carbonyl (C=O) groups is 1. The largest absolute Gasteiger partial charge is 0.496 e. The molecule has 0 amide bonds. The van der Waals surface area contributed by atoms with Crippen LogP contribution >= 0.6 is 11.3 Å². The summed E-state index contributed by atoms with van der Waals surface area (Å²) < 4.78 is 17.8. The van der Waals surface area contributed by atoms with Crippen LogP contribution in [0.5, 0.6) is 11.5 Å². The summed E-state index contributed by atoms with van der Waals surface area (Å²) in [7, 11) is 4.29. The first-order valence-corrected chi connectivity index (χ1v) is 11.0. The molecule has 3 aromatic rings. The zero-order valence-corrected chi connectivity index (χ0v) is 19.5. The Bertz CT molecular complexity index is 1540. The van der Waals surface area contributed by atoms with Crippen molar-refractivity contribution in [1.82, 2.24) is 4.57 Å². The first-order valence-electron chi connectivity index (χ1n) is 10.2. The van der Waals surface area contributed by atoms with Gasteiger partial charge in [0, 0.05) is 11.1 Å². The average Bonchev–Trinajstić information content (AvgIpc) is 3.19. The van der Waals surface area contributed by atoms with Crippen LogP contribution in [0, 0.1) is 11.3 Å². The molecule has 0 bridgehead atoms. The topological polar surface area (TPSA) is 117 Å². The maximum atomic E-state index is 13.4. The molecule has 1 aromatic heterocycles. The van der Waals surface area contributed by atoms with Crippen molar-refractivity contribution < 1.29 is 19.0 Å². The second kappa shape index (κ2) is 9.29. The Kier molecular flexibility index (Phi) is 6.25. The van der Waals surface area contributed by atoms with Gasteiger partial charge in [-0.05, 0) is 18.2 Å². The van der Waals surface area contributed by atoms with Crippen LogP contribution in [0.25, 0.3) is 17.5 Å². The first-order chi connectivity index (χ1) is 16.5. The minimum atomic E-state index is -0.870. The number of nitrogens with zero attached hydrogens (tertiary/aromatic N) is 2. The number of thiazole rings is 1. The van der Waals surface area contributed by atoms with Crippen LogP contribution < -0.4 is 30.0 Å². The van der Waals surface area contributed by atoms with Crippen LogP contribution in [0.15, 0.2) is 58.9 Å². The lowest BCUT2D eigenvalue weighted by Crippen LogP contribution is -2.40. The summed E-state index contributed by atoms with van der Waals surface area (Å²) in [4.78, 5) is 26.4. The number of nitriles is 1. The molecule has 4 rings (SSSR count). The maximum absolute atomic E-state index is 13.4. The highest BCUT2D eigenvalue weighted by molar-refractivity contribution is 7.07. The van der Waals surface area contributed by atoms with Gasteiger partial charge in [0.2, 0.25) is 0 Å². The van der Waals surface area contributed by atoms with E-state index in [1.165, 1.54) is 18.8 Å². The summed E-state index contributed by atoms with van der Waals surface area (Å²) in [5.41, 5.74) is 7.36. The van der Waals surface area contributed by atoms with Gasteiger partial charge in [0.1, 0.15) is 22.0 Å². The van der Waals surface area contributed by atoms with E-state index in [1.807, 2.05) is 18.2 Å². The number of rotatable bonds is 5. The molecule has 0 spiro atoms. The summed E-state index contributed by atoms with van der Waals surface area (Å²) >= 11 is 1.09. The van der Waals surface area contributed by atoms with Crippen molar-refractivity contribution in [1.29, 1.82) is 5.26 Å². The van der Waals surface area contributed by atoms with Gasteiger partial charge in [-0.25, -0.2) is 4.79 Å². The van der Waals surface area contributed by atoms with E-state index in [2.05, 4.69) is 6.07 Å². The predicted molar refractivity (Wildman–Crippen MR) is 129 cm³/mol. The summed E-state index contributed by atoms with van der Waals surface area (Å²) in [5.74, 6) is -0.520. The second-order valence-corrected chi connectivity index (χ2v) is 8.32. The molecule has 1 aliphatic heterocycles. The van der Waals surface area contributed by atoms with Crippen molar-refractivity contribution in [3.8, 4) is 17.6 Å². The molecule has 172 valence electrons. The highest BCUT2D eigenvalue weighted by Gasteiger charge is 2.37. The van der Waals surface area contributed by atoms with Gasteiger partial charge in [0.15, 0.2) is 0 Å². The number of carbonyl (C=O) groups excluding carboxylic acids is 1. The molecule has 34 heavy (non-hydrogen) atoms. The molecule has 0 saturated heterocycles. The Morgan fingerprint density at radius 2 is 1.74 bits per heavy atom. The smallest absolute Gasteiger partial charge is 0.337 e. The van der Waals surface area contributed by atoms with Crippen molar-refractivity contribution in [3.05, 3.63) is 84.8 Å². The first kappa shape index (κ1) is 22.9. The van der Waals surface area contributed by atoms with Crippen LogP contribution in [-0.4, -0.2) is 31.9 Å². The number of fused-ring (bicyclic) bond motifs is 1. The Morgan fingerprint density at radius 1 is 1.09 bits per heavy atom. The van der Waals surface area contributed by atoms with Crippen molar-refractivity contribution in [2.75, 3.05) is 21.3 Å². The van der Waals surface area contributed by atoms with Crippen LogP contribution in [0.3, 0.4) is 0 Å². The Balaban J connectivity index is 2.13. The standard InChI is InChI=1S/C25H21N3O5S/c1-31-17-10-6-4-8-14(17)12-19-23(29)28-22(27)16(13-26)20(15-9-5-7-11-18(15)32-2)21(24(28)34-19)25(30)33-3/h4-12,20H,27H2,1-3H3/b19-12+/t20-/m1/s1. The number of benzene rings is 2. The number of esters is 1. The van der Waals surface area contributed by atoms with E-state index >= 15 is 0 Å². The molecule has 1 atom stereocenters. The number of allylic oxidation sites excluding steroid dienone is 1. The zero-order valence-electron chi connectivity index (χ0n) is 18.7. The van der Waals surface area contributed by atoms with Gasteiger partial charge < -0.3 is 19.9 Å². The van der Waals surface area contributed by atoms with Crippen LogP contribution in [-0.2, 0) is 9.53 Å². The van der Waals surface area contributed by atoms with Crippen LogP contribution in [0.2, 0.25) is 0 Å². The lowest BCUT2D eigenvalue weighted by atomic mass is 9.83. The molecule has 0 saturated carbocycles. The molecule has 0 fully saturated rings. The number of aromatic nitrogens is 1. The Morgan fingerprint density at radius 3 is 2.38 bits per heavy atom. The van der Waals surface area contributed by atoms with Crippen LogP contribution in [0.1, 0.15) is 17.0 Å². The molecule has 9 heteroatoms. The fourth-order valence-electron chi connectivity index (χ4n) is 4.00. The lowest BCUT2D eigenvalue weighted by Gasteiger charge is -2.25. The maximum Gasteiger partial charge on any atom is 0.337 e. The molecule has 0 unspecified atom stereocenters. The zero-order chi connectivity index (χ0) is 24.4. The minimum absolute atomic E-state index is 0.0398. The summed E-state index contributed by atoms with van der Waals surface area (Å²) in [6, 6.07) is 16.4. The number of hydrogen-bond acceptors (Lipinski definition) is 8. The molecule has 2 aromatic carbocycles. The third kappa shape index (κ3) is 3.64. The van der Waals surface area contributed by atoms with Gasteiger partial charge in [-0.3, -0.25) is 9.36 Å². The minimum Gasteiger partial charge on any atom is -0.496 e. The summed E-state index contributed by atoms with van der Waals surface area (Å²) in [6.07, 6.45) is 1.67. The molecular formula is C25H21N3O5S. The SMILES string of the molecule is COC(=O)C1=c2s/c(=C/c3ccccc3OC)c(=O)n2C(N)=C(C#N)[C@H]1c1ccccc1OC. The molecular weight excluding hydrogens is 454 g/mol. The van der Waals surface area contributed by atoms with E-state index in [9.17, 15) is 14.9 Å². The molecule has 2 N–H and O–H groups in total. The second-order valence-electron chi connectivity index (χ2n) is 7.29. The number of nitrogens with two attached hydrogens (primary N) is 1. The monoisotopic (exact) mass is 475 g/mol. The predicted octanol–water partition coefficient (Wildman–Crippen LogP) is 1.53. The fraction of sp³-hybridized carbons (Fsp3) is 0.160.